The normalized spacial score (nSPS) is 11.9. The summed E-state index contributed by atoms with van der Waals surface area (Å²) in [6, 6.07) is 5.18. The number of hydrogen-bond acceptors (Lipinski definition) is 10. The lowest BCUT2D eigenvalue weighted by Gasteiger charge is -2.13. The third-order valence-corrected chi connectivity index (χ3v) is 6.95. The van der Waals surface area contributed by atoms with Gasteiger partial charge in [0.2, 0.25) is 0 Å². The van der Waals surface area contributed by atoms with Crippen LogP contribution in [-0.4, -0.2) is 80.8 Å². The molecule has 1 aromatic carbocycles. The molecule has 48 heavy (non-hydrogen) atoms. The first-order valence-corrected chi connectivity index (χ1v) is 15.7. The summed E-state index contributed by atoms with van der Waals surface area (Å²) in [6.45, 7) is 7.57. The zero-order valence-corrected chi connectivity index (χ0v) is 27.4. The average molecular weight is 667 g/mol. The van der Waals surface area contributed by atoms with Gasteiger partial charge in [0.05, 0.1) is 25.9 Å². The molecule has 2 heterocycles. The first-order valence-electron chi connectivity index (χ1n) is 15.7. The van der Waals surface area contributed by atoms with Gasteiger partial charge in [0.15, 0.2) is 11.4 Å². The van der Waals surface area contributed by atoms with Gasteiger partial charge in [-0.25, -0.2) is 19.6 Å². The van der Waals surface area contributed by atoms with E-state index < -0.39 is 47.7 Å². The number of esters is 2. The Labute approximate surface area is 277 Å². The number of carbonyl (C=O) groups is 6. The largest absolute Gasteiger partial charge is 0.464 e. The molecule has 0 aliphatic rings. The van der Waals surface area contributed by atoms with Crippen LogP contribution in [0.25, 0.3) is 0 Å². The summed E-state index contributed by atoms with van der Waals surface area (Å²) in [5, 5.41) is 10.4. The van der Waals surface area contributed by atoms with E-state index in [2.05, 4.69) is 41.2 Å². The molecule has 0 fully saturated rings. The quantitative estimate of drug-likeness (QED) is 0.0854. The maximum atomic E-state index is 12.9. The topological polar surface area (TPSA) is 226 Å². The SMILES string of the molecule is CCCCOC(=O)[C@H](C)NC(=O)c1nc[nH]c1C(=O)NCc1cccc(CNC(=O)c2[nH]cnc2C(=O)N[C@@H](C)C(=O)OCCCC)c1. The van der Waals surface area contributed by atoms with Crippen LogP contribution in [0.15, 0.2) is 36.9 Å². The Morgan fingerprint density at radius 1 is 0.688 bits per heavy atom. The van der Waals surface area contributed by atoms with E-state index in [-0.39, 0.29) is 49.1 Å². The predicted octanol–water partition coefficient (Wildman–Crippen LogP) is 1.92. The second-order valence-electron chi connectivity index (χ2n) is 10.9. The molecule has 258 valence electrons. The molecule has 0 unspecified atom stereocenters. The van der Waals surface area contributed by atoms with Crippen molar-refractivity contribution in [1.82, 2.24) is 41.2 Å². The zero-order valence-electron chi connectivity index (χ0n) is 27.4. The molecule has 0 radical (unpaired) electrons. The molecule has 0 aliphatic heterocycles. The number of unbranched alkanes of at least 4 members (excludes halogenated alkanes) is 2. The molecule has 3 rings (SSSR count). The summed E-state index contributed by atoms with van der Waals surface area (Å²) in [7, 11) is 0. The van der Waals surface area contributed by atoms with Crippen LogP contribution in [0.2, 0.25) is 0 Å². The number of hydrogen-bond donors (Lipinski definition) is 6. The van der Waals surface area contributed by atoms with Crippen LogP contribution in [0.3, 0.4) is 0 Å². The Morgan fingerprint density at radius 2 is 1.10 bits per heavy atom. The smallest absolute Gasteiger partial charge is 0.328 e. The van der Waals surface area contributed by atoms with Gasteiger partial charge < -0.3 is 40.7 Å². The average Bonchev–Trinajstić information content (AvgIpc) is 3.77. The van der Waals surface area contributed by atoms with Crippen molar-refractivity contribution in [1.29, 1.82) is 0 Å². The van der Waals surface area contributed by atoms with Crippen molar-refractivity contribution < 1.29 is 38.2 Å². The predicted molar refractivity (Wildman–Crippen MR) is 172 cm³/mol. The second kappa shape index (κ2) is 18.6. The van der Waals surface area contributed by atoms with Gasteiger partial charge in [0, 0.05) is 13.1 Å². The van der Waals surface area contributed by atoms with Crippen LogP contribution in [0.1, 0.15) is 106 Å². The fourth-order valence-electron chi connectivity index (χ4n) is 4.20. The Morgan fingerprint density at radius 3 is 1.50 bits per heavy atom. The molecule has 2 atom stereocenters. The second-order valence-corrected chi connectivity index (χ2v) is 10.9. The van der Waals surface area contributed by atoms with Crippen molar-refractivity contribution in [3.8, 4) is 0 Å². The van der Waals surface area contributed by atoms with Crippen molar-refractivity contribution in [3.05, 3.63) is 70.8 Å². The minimum Gasteiger partial charge on any atom is -0.464 e. The Bertz CT molecular complexity index is 1470. The van der Waals surface area contributed by atoms with E-state index in [9.17, 15) is 28.8 Å². The summed E-state index contributed by atoms with van der Waals surface area (Å²) in [4.78, 5) is 88.6. The summed E-state index contributed by atoms with van der Waals surface area (Å²) in [5.41, 5.74) is 0.890. The molecule has 0 spiro atoms. The standard InChI is InChI=1S/C32H42N8O8/c1-5-7-12-47-31(45)19(3)39-29(43)25-23(35-17-37-25)27(41)33-15-21-10-9-11-22(14-21)16-34-28(42)24-26(38-18-36-24)30(44)40-20(4)32(46)48-13-8-6-2/h9-11,14,17-20H,5-8,12-13,15-16H2,1-4H3,(H,33,41)(H,34,42)(H,35,37)(H,36,38)(H,39,43)(H,40,44)/t19-,20-/m0/s1. The molecule has 6 N–H and O–H groups in total. The molecular weight excluding hydrogens is 624 g/mol. The fourth-order valence-corrected chi connectivity index (χ4v) is 4.20. The molecule has 16 nitrogen and oxygen atoms in total. The number of rotatable bonds is 18. The number of imidazole rings is 2. The lowest BCUT2D eigenvalue weighted by molar-refractivity contribution is -0.146. The highest BCUT2D eigenvalue weighted by atomic mass is 16.5. The summed E-state index contributed by atoms with van der Waals surface area (Å²) < 4.78 is 10.2. The molecule has 2 aromatic heterocycles. The van der Waals surface area contributed by atoms with Gasteiger partial charge in [-0.1, -0.05) is 51.0 Å². The van der Waals surface area contributed by atoms with E-state index in [1.165, 1.54) is 26.5 Å². The maximum absolute atomic E-state index is 12.9. The van der Waals surface area contributed by atoms with Gasteiger partial charge in [-0.05, 0) is 37.8 Å². The Kier molecular flexibility index (Phi) is 14.3. The monoisotopic (exact) mass is 666 g/mol. The molecule has 0 saturated carbocycles. The van der Waals surface area contributed by atoms with Crippen molar-refractivity contribution >= 4 is 35.6 Å². The number of carbonyl (C=O) groups excluding carboxylic acids is 6. The minimum absolute atomic E-state index is 0.0790. The van der Waals surface area contributed by atoms with E-state index >= 15 is 0 Å². The lowest BCUT2D eigenvalue weighted by atomic mass is 10.1. The van der Waals surface area contributed by atoms with Crippen molar-refractivity contribution in [3.63, 3.8) is 0 Å². The highest BCUT2D eigenvalue weighted by molar-refractivity contribution is 6.06. The van der Waals surface area contributed by atoms with Gasteiger partial charge in [0.25, 0.3) is 23.6 Å². The number of ether oxygens (including phenoxy) is 2. The van der Waals surface area contributed by atoms with Crippen LogP contribution in [0.5, 0.6) is 0 Å². The van der Waals surface area contributed by atoms with E-state index in [0.29, 0.717) is 24.0 Å². The number of benzene rings is 1. The van der Waals surface area contributed by atoms with Gasteiger partial charge in [-0.3, -0.25) is 19.2 Å². The zero-order chi connectivity index (χ0) is 35.1. The first kappa shape index (κ1) is 36.9. The van der Waals surface area contributed by atoms with Gasteiger partial charge in [-0.15, -0.1) is 0 Å². The molecule has 0 bridgehead atoms. The van der Waals surface area contributed by atoms with E-state index in [0.717, 1.165) is 12.8 Å². The highest BCUT2D eigenvalue weighted by Crippen LogP contribution is 2.10. The third-order valence-electron chi connectivity index (χ3n) is 6.95. The molecule has 4 amide bonds. The van der Waals surface area contributed by atoms with E-state index in [4.69, 9.17) is 9.47 Å². The molecule has 3 aromatic rings. The number of aromatic nitrogens is 4. The van der Waals surface area contributed by atoms with Crippen LogP contribution in [-0.2, 0) is 32.2 Å². The number of nitrogens with zero attached hydrogens (tertiary/aromatic N) is 2. The Hall–Kier alpha value is -5.54. The van der Waals surface area contributed by atoms with Crippen molar-refractivity contribution in [2.45, 2.75) is 78.6 Å². The fraction of sp³-hybridized carbons (Fsp3) is 0.438. The van der Waals surface area contributed by atoms with Crippen LogP contribution < -0.4 is 21.3 Å². The van der Waals surface area contributed by atoms with Crippen molar-refractivity contribution in [2.75, 3.05) is 13.2 Å². The van der Waals surface area contributed by atoms with Crippen molar-refractivity contribution in [2.24, 2.45) is 0 Å². The van der Waals surface area contributed by atoms with Crippen LogP contribution in [0.4, 0.5) is 0 Å². The van der Waals surface area contributed by atoms with E-state index in [1.807, 2.05) is 13.8 Å². The lowest BCUT2D eigenvalue weighted by Crippen LogP contribution is -2.40. The Balaban J connectivity index is 1.52. The summed E-state index contributed by atoms with van der Waals surface area (Å²) in [5.74, 6) is -3.79. The summed E-state index contributed by atoms with van der Waals surface area (Å²) >= 11 is 0. The van der Waals surface area contributed by atoms with Gasteiger partial charge >= 0.3 is 11.9 Å². The number of aromatic amines is 2. The number of amides is 4. The minimum atomic E-state index is -0.934. The van der Waals surface area contributed by atoms with Gasteiger partial charge in [-0.2, -0.15) is 0 Å². The van der Waals surface area contributed by atoms with E-state index in [1.54, 1.807) is 24.3 Å². The van der Waals surface area contributed by atoms with Gasteiger partial charge in [0.1, 0.15) is 23.5 Å². The molecule has 0 aliphatic carbocycles. The highest BCUT2D eigenvalue weighted by Gasteiger charge is 2.26. The number of H-pyrrole nitrogens is 2. The summed E-state index contributed by atoms with van der Waals surface area (Å²) in [6.07, 6.45) is 5.54. The third kappa shape index (κ3) is 10.8. The molecule has 0 saturated heterocycles. The number of nitrogens with one attached hydrogen (secondary N) is 6. The molecule has 16 heteroatoms. The first-order chi connectivity index (χ1) is 23.0. The van der Waals surface area contributed by atoms with Crippen LogP contribution in [0, 0.1) is 0 Å². The maximum Gasteiger partial charge on any atom is 0.328 e. The molecular formula is C32H42N8O8. The van der Waals surface area contributed by atoms with Crippen LogP contribution >= 0.6 is 0 Å².